The maximum Gasteiger partial charge on any atom is 0.207 e. The Balaban J connectivity index is 2.29. The fourth-order valence-electron chi connectivity index (χ4n) is 2.62. The molecule has 4 nitrogen and oxygen atoms in total. The van der Waals surface area contributed by atoms with Gasteiger partial charge in [-0.25, -0.2) is 8.42 Å². The minimum absolute atomic E-state index is 0.0354. The van der Waals surface area contributed by atoms with Crippen LogP contribution < -0.4 is 0 Å². The van der Waals surface area contributed by atoms with Crippen molar-refractivity contribution in [2.24, 2.45) is 0 Å². The van der Waals surface area contributed by atoms with Crippen molar-refractivity contribution < 1.29 is 13.2 Å². The third kappa shape index (κ3) is 4.63. The van der Waals surface area contributed by atoms with E-state index in [0.29, 0.717) is 6.42 Å². The third-order valence-corrected chi connectivity index (χ3v) is 5.86. The molecule has 0 bridgehead atoms. The fraction of sp³-hybridized carbons (Fsp3) is 0.300. The summed E-state index contributed by atoms with van der Waals surface area (Å²) < 4.78 is 25.7. The Morgan fingerprint density at radius 3 is 2.24 bits per heavy atom. The zero-order chi connectivity index (χ0) is 18.3. The van der Waals surface area contributed by atoms with Crippen molar-refractivity contribution in [1.29, 1.82) is 5.41 Å². The number of carbonyl (C=O) groups is 1. The average molecular weight is 357 g/mol. The molecule has 2 aromatic carbocycles. The molecule has 1 N–H and O–H groups in total. The van der Waals surface area contributed by atoms with Crippen molar-refractivity contribution >= 4 is 21.3 Å². The molecule has 5 heteroatoms. The number of unbranched alkanes of at least 4 members (excludes halogenated alkanes) is 3. The molecule has 0 spiro atoms. The Hall–Kier alpha value is -2.27. The van der Waals surface area contributed by atoms with Crippen LogP contribution in [0.25, 0.3) is 0 Å². The standard InChI is InChI=1S/C20H23NO3S/c1-2-3-4-8-14-18(21)20(22)17-13-9-10-15-19(17)25(23,24)16-11-6-5-7-12-16/h5-7,9-13,15,21H,2-4,8,14H2,1H3. The minimum Gasteiger partial charge on any atom is -0.301 e. The zero-order valence-electron chi connectivity index (χ0n) is 14.4. The summed E-state index contributed by atoms with van der Waals surface area (Å²) in [6, 6.07) is 14.2. The van der Waals surface area contributed by atoms with Crippen molar-refractivity contribution in [3.05, 3.63) is 60.2 Å². The van der Waals surface area contributed by atoms with E-state index >= 15 is 0 Å². The molecule has 132 valence electrons. The smallest absolute Gasteiger partial charge is 0.207 e. The second kappa shape index (κ2) is 8.72. The first-order valence-corrected chi connectivity index (χ1v) is 9.98. The molecule has 0 fully saturated rings. The Labute approximate surface area is 149 Å². The van der Waals surface area contributed by atoms with Gasteiger partial charge in [0.25, 0.3) is 0 Å². The van der Waals surface area contributed by atoms with E-state index in [1.807, 2.05) is 0 Å². The molecule has 0 radical (unpaired) electrons. The first kappa shape index (κ1) is 19.1. The van der Waals surface area contributed by atoms with Gasteiger partial charge in [-0.1, -0.05) is 56.5 Å². The van der Waals surface area contributed by atoms with Gasteiger partial charge in [0.15, 0.2) is 0 Å². The molecule has 0 aliphatic heterocycles. The largest absolute Gasteiger partial charge is 0.301 e. The lowest BCUT2D eigenvalue weighted by atomic mass is 10.0. The van der Waals surface area contributed by atoms with E-state index < -0.39 is 15.6 Å². The van der Waals surface area contributed by atoms with Crippen molar-refractivity contribution in [3.8, 4) is 0 Å². The maximum absolute atomic E-state index is 12.9. The summed E-state index contributed by atoms with van der Waals surface area (Å²) in [5.41, 5.74) is 0.0404. The summed E-state index contributed by atoms with van der Waals surface area (Å²) in [7, 11) is -3.79. The lowest BCUT2D eigenvalue weighted by Crippen LogP contribution is -2.17. The van der Waals surface area contributed by atoms with Crippen molar-refractivity contribution in [2.75, 3.05) is 0 Å². The SMILES string of the molecule is CCCCCCC(=N)C(=O)c1ccccc1S(=O)(=O)c1ccccc1. The number of Topliss-reactive ketones (excluding diaryl/α,β-unsaturated/α-hetero) is 1. The molecule has 0 amide bonds. The van der Waals surface area contributed by atoms with E-state index in [0.717, 1.165) is 25.7 Å². The molecule has 0 saturated carbocycles. The van der Waals surface area contributed by atoms with Crippen LogP contribution in [0.5, 0.6) is 0 Å². The minimum atomic E-state index is -3.79. The lowest BCUT2D eigenvalue weighted by molar-refractivity contribution is 0.105. The van der Waals surface area contributed by atoms with Gasteiger partial charge in [0.2, 0.25) is 15.6 Å². The molecule has 25 heavy (non-hydrogen) atoms. The van der Waals surface area contributed by atoms with Crippen molar-refractivity contribution in [3.63, 3.8) is 0 Å². The highest BCUT2D eigenvalue weighted by molar-refractivity contribution is 7.91. The van der Waals surface area contributed by atoms with Gasteiger partial charge >= 0.3 is 0 Å². The molecular formula is C20H23NO3S. The number of ketones is 1. The Bertz CT molecular complexity index is 842. The van der Waals surface area contributed by atoms with Gasteiger partial charge in [0.1, 0.15) is 0 Å². The average Bonchev–Trinajstić information content (AvgIpc) is 2.65. The van der Waals surface area contributed by atoms with E-state index in [4.69, 9.17) is 5.41 Å². The molecule has 0 aliphatic rings. The highest BCUT2D eigenvalue weighted by Crippen LogP contribution is 2.25. The van der Waals surface area contributed by atoms with Crippen LogP contribution >= 0.6 is 0 Å². The van der Waals surface area contributed by atoms with Crippen LogP contribution in [0, 0.1) is 5.41 Å². The van der Waals surface area contributed by atoms with Crippen LogP contribution in [0.1, 0.15) is 49.4 Å². The van der Waals surface area contributed by atoms with Crippen molar-refractivity contribution in [2.45, 2.75) is 48.8 Å². The van der Waals surface area contributed by atoms with E-state index in [1.54, 1.807) is 30.3 Å². The van der Waals surface area contributed by atoms with Gasteiger partial charge in [-0.2, -0.15) is 0 Å². The molecule has 2 rings (SSSR count). The maximum atomic E-state index is 12.9. The van der Waals surface area contributed by atoms with Crippen LogP contribution in [0.2, 0.25) is 0 Å². The van der Waals surface area contributed by atoms with E-state index in [-0.39, 0.29) is 21.1 Å². The summed E-state index contributed by atoms with van der Waals surface area (Å²) in [5, 5.41) is 8.03. The molecule has 0 aliphatic carbocycles. The summed E-state index contributed by atoms with van der Waals surface area (Å²) in [5.74, 6) is -0.508. The Morgan fingerprint density at radius 2 is 1.56 bits per heavy atom. The summed E-state index contributed by atoms with van der Waals surface area (Å²) in [4.78, 5) is 12.7. The van der Waals surface area contributed by atoms with Crippen molar-refractivity contribution in [1.82, 2.24) is 0 Å². The monoisotopic (exact) mass is 357 g/mol. The topological polar surface area (TPSA) is 75.1 Å². The van der Waals surface area contributed by atoms with Gasteiger partial charge in [0, 0.05) is 5.56 Å². The normalized spacial score (nSPS) is 11.2. The first-order valence-electron chi connectivity index (χ1n) is 8.49. The number of nitrogens with one attached hydrogen (secondary N) is 1. The molecule has 0 aromatic heterocycles. The summed E-state index contributed by atoms with van der Waals surface area (Å²) in [6.45, 7) is 2.10. The van der Waals surface area contributed by atoms with E-state index in [1.165, 1.54) is 24.3 Å². The molecule has 0 atom stereocenters. The van der Waals surface area contributed by atoms with Crippen LogP contribution in [-0.4, -0.2) is 19.9 Å². The summed E-state index contributed by atoms with van der Waals surface area (Å²) in [6.07, 6.45) is 4.26. The first-order chi connectivity index (χ1) is 12.0. The van der Waals surface area contributed by atoms with Gasteiger partial charge in [-0.05, 0) is 37.1 Å². The number of carbonyl (C=O) groups excluding carboxylic acids is 1. The van der Waals surface area contributed by atoms with E-state index in [9.17, 15) is 13.2 Å². The second-order valence-corrected chi connectivity index (χ2v) is 7.85. The molecule has 0 saturated heterocycles. The van der Waals surface area contributed by atoms with Crippen LogP contribution in [-0.2, 0) is 9.84 Å². The number of rotatable bonds is 9. The van der Waals surface area contributed by atoms with Gasteiger partial charge in [-0.3, -0.25) is 4.79 Å². The Morgan fingerprint density at radius 1 is 0.920 bits per heavy atom. The number of hydrogen-bond donors (Lipinski definition) is 1. The second-order valence-electron chi connectivity index (χ2n) is 5.93. The highest BCUT2D eigenvalue weighted by Gasteiger charge is 2.25. The van der Waals surface area contributed by atoms with Gasteiger partial charge in [0.05, 0.1) is 15.5 Å². The Kier molecular flexibility index (Phi) is 6.65. The predicted octanol–water partition coefficient (Wildman–Crippen LogP) is 4.69. The third-order valence-electron chi connectivity index (χ3n) is 4.03. The quantitative estimate of drug-likeness (QED) is 0.402. The van der Waals surface area contributed by atoms with Gasteiger partial charge < -0.3 is 5.41 Å². The summed E-state index contributed by atoms with van der Waals surface area (Å²) >= 11 is 0. The fourth-order valence-corrected chi connectivity index (χ4v) is 4.10. The van der Waals surface area contributed by atoms with Crippen LogP contribution in [0.4, 0.5) is 0 Å². The van der Waals surface area contributed by atoms with Crippen LogP contribution in [0.3, 0.4) is 0 Å². The molecule has 2 aromatic rings. The molecular weight excluding hydrogens is 334 g/mol. The van der Waals surface area contributed by atoms with E-state index in [2.05, 4.69) is 6.92 Å². The lowest BCUT2D eigenvalue weighted by Gasteiger charge is -2.10. The highest BCUT2D eigenvalue weighted by atomic mass is 32.2. The number of sulfone groups is 1. The molecule has 0 unspecified atom stereocenters. The van der Waals surface area contributed by atoms with Crippen LogP contribution in [0.15, 0.2) is 64.4 Å². The number of hydrogen-bond acceptors (Lipinski definition) is 4. The number of benzene rings is 2. The molecule has 0 heterocycles. The van der Waals surface area contributed by atoms with Gasteiger partial charge in [-0.15, -0.1) is 0 Å². The predicted molar refractivity (Wildman–Crippen MR) is 99.2 cm³/mol. The zero-order valence-corrected chi connectivity index (χ0v) is 15.2.